The topological polar surface area (TPSA) is 105 Å². The summed E-state index contributed by atoms with van der Waals surface area (Å²) in [6.07, 6.45) is 5.53. The number of rotatable bonds is 8. The summed E-state index contributed by atoms with van der Waals surface area (Å²) in [4.78, 5) is 25.4. The number of carbonyl (C=O) groups excluding carboxylic acids is 2. The molecule has 1 aliphatic heterocycles. The van der Waals surface area contributed by atoms with Gasteiger partial charge in [0.25, 0.3) is 0 Å². The van der Waals surface area contributed by atoms with Crippen molar-refractivity contribution in [3.05, 3.63) is 59.8 Å². The molecular weight excluding hydrogens is 437 g/mol. The van der Waals surface area contributed by atoms with Crippen LogP contribution < -0.4 is 10.6 Å². The van der Waals surface area contributed by atoms with E-state index in [0.717, 1.165) is 43.7 Å². The summed E-state index contributed by atoms with van der Waals surface area (Å²) >= 11 is 0. The van der Waals surface area contributed by atoms with Crippen molar-refractivity contribution in [2.45, 2.75) is 39.8 Å². The highest BCUT2D eigenvalue weighted by molar-refractivity contribution is 5.97. The first-order chi connectivity index (χ1) is 16.4. The minimum atomic E-state index is -0.317. The van der Waals surface area contributed by atoms with Crippen molar-refractivity contribution in [1.29, 1.82) is 0 Å². The van der Waals surface area contributed by atoms with Gasteiger partial charge in [0.05, 0.1) is 17.6 Å². The summed E-state index contributed by atoms with van der Waals surface area (Å²) in [6, 6.07) is 7.97. The Hall–Kier alpha value is -3.82. The third-order valence-electron chi connectivity index (χ3n) is 5.91. The van der Waals surface area contributed by atoms with Crippen LogP contribution in [0.15, 0.2) is 42.7 Å². The second-order valence-electron chi connectivity index (χ2n) is 8.56. The minimum Gasteiger partial charge on any atom is -0.379 e. The highest BCUT2D eigenvalue weighted by Crippen LogP contribution is 2.23. The first-order valence-corrected chi connectivity index (χ1v) is 11.3. The van der Waals surface area contributed by atoms with Crippen molar-refractivity contribution in [2.75, 3.05) is 23.7 Å². The maximum Gasteiger partial charge on any atom is 0.219 e. The largest absolute Gasteiger partial charge is 0.379 e. The van der Waals surface area contributed by atoms with Gasteiger partial charge in [0.2, 0.25) is 5.91 Å². The molecule has 1 aromatic carbocycles. The zero-order chi connectivity index (χ0) is 24.1. The number of Topliss-reactive ketones (excluding diaryl/α,β-unsaturated/α-hetero) is 1. The minimum absolute atomic E-state index is 0.130. The summed E-state index contributed by atoms with van der Waals surface area (Å²) in [7, 11) is 0. The molecule has 10 heteroatoms. The molecule has 0 radical (unpaired) electrons. The van der Waals surface area contributed by atoms with E-state index in [1.54, 1.807) is 31.3 Å². The summed E-state index contributed by atoms with van der Waals surface area (Å²) in [5.41, 5.74) is 2.23. The predicted octanol–water partition coefficient (Wildman–Crippen LogP) is 3.63. The number of hydrogen-bond acceptors (Lipinski definition) is 7. The smallest absolute Gasteiger partial charge is 0.219 e. The van der Waals surface area contributed by atoms with Crippen LogP contribution in [-0.4, -0.2) is 49.7 Å². The van der Waals surface area contributed by atoms with E-state index in [4.69, 9.17) is 0 Å². The molecule has 0 saturated carbocycles. The molecule has 3 heterocycles. The number of likely N-dealkylation sites (tertiary alicyclic amines) is 1. The molecule has 0 aliphatic carbocycles. The van der Waals surface area contributed by atoms with Gasteiger partial charge in [-0.2, -0.15) is 5.10 Å². The van der Waals surface area contributed by atoms with Crippen LogP contribution in [0.5, 0.6) is 0 Å². The van der Waals surface area contributed by atoms with Gasteiger partial charge in [-0.1, -0.05) is 12.1 Å². The third kappa shape index (κ3) is 5.94. The van der Waals surface area contributed by atoms with Crippen LogP contribution in [0.4, 0.5) is 21.6 Å². The Bertz CT molecular complexity index is 1170. The van der Waals surface area contributed by atoms with E-state index in [2.05, 4.69) is 25.9 Å². The molecule has 0 spiro atoms. The van der Waals surface area contributed by atoms with Crippen molar-refractivity contribution in [3.8, 4) is 0 Å². The number of ketones is 1. The van der Waals surface area contributed by atoms with Crippen molar-refractivity contribution in [1.82, 2.24) is 24.9 Å². The van der Waals surface area contributed by atoms with Gasteiger partial charge in [-0.15, -0.1) is 10.2 Å². The maximum absolute atomic E-state index is 13.5. The number of benzene rings is 1. The molecule has 2 N–H and O–H groups in total. The van der Waals surface area contributed by atoms with E-state index < -0.39 is 0 Å². The fourth-order valence-electron chi connectivity index (χ4n) is 4.06. The Morgan fingerprint density at radius 1 is 1.15 bits per heavy atom. The number of aromatic nitrogens is 4. The van der Waals surface area contributed by atoms with Gasteiger partial charge in [-0.3, -0.25) is 14.3 Å². The fraction of sp³-hybridized carbons (Fsp3) is 0.375. The Kier molecular flexibility index (Phi) is 7.15. The van der Waals surface area contributed by atoms with Gasteiger partial charge in [-0.05, 0) is 36.5 Å². The van der Waals surface area contributed by atoms with E-state index in [0.29, 0.717) is 24.0 Å². The van der Waals surface area contributed by atoms with Gasteiger partial charge >= 0.3 is 0 Å². The second-order valence-corrected chi connectivity index (χ2v) is 8.56. The Morgan fingerprint density at radius 3 is 2.65 bits per heavy atom. The zero-order valence-electron chi connectivity index (χ0n) is 19.3. The molecule has 0 atom stereocenters. The molecule has 9 nitrogen and oxygen atoms in total. The Morgan fingerprint density at radius 2 is 1.94 bits per heavy atom. The molecule has 2 aromatic heterocycles. The molecule has 1 amide bonds. The second kappa shape index (κ2) is 10.4. The third-order valence-corrected chi connectivity index (χ3v) is 5.91. The van der Waals surface area contributed by atoms with Crippen LogP contribution in [-0.2, 0) is 17.9 Å². The van der Waals surface area contributed by atoms with Crippen LogP contribution in [0.25, 0.3) is 0 Å². The summed E-state index contributed by atoms with van der Waals surface area (Å²) < 4.78 is 15.4. The zero-order valence-corrected chi connectivity index (χ0v) is 19.3. The number of nitrogens with one attached hydrogen (secondary N) is 2. The van der Waals surface area contributed by atoms with Crippen molar-refractivity contribution >= 4 is 28.9 Å². The van der Waals surface area contributed by atoms with Gasteiger partial charge in [-0.25, -0.2) is 4.39 Å². The average Bonchev–Trinajstić information content (AvgIpc) is 3.24. The highest BCUT2D eigenvalue weighted by atomic mass is 19.1. The molecule has 4 rings (SSSR count). The molecule has 1 aliphatic rings. The normalized spacial score (nSPS) is 14.1. The van der Waals surface area contributed by atoms with Crippen LogP contribution in [0.1, 0.15) is 42.7 Å². The number of amides is 1. The van der Waals surface area contributed by atoms with E-state index in [9.17, 15) is 14.0 Å². The number of anilines is 3. The first kappa shape index (κ1) is 23.3. The maximum atomic E-state index is 13.5. The van der Waals surface area contributed by atoms with Crippen LogP contribution in [0, 0.1) is 11.7 Å². The van der Waals surface area contributed by atoms with Crippen molar-refractivity contribution in [3.63, 3.8) is 0 Å². The lowest BCUT2D eigenvalue weighted by atomic mass is 9.97. The lowest BCUT2D eigenvalue weighted by molar-refractivity contribution is -0.130. The quantitative estimate of drug-likeness (QED) is 0.490. The number of halogens is 1. The van der Waals surface area contributed by atoms with E-state index >= 15 is 0 Å². The molecular formula is C24H28FN7O2. The molecule has 1 fully saturated rings. The van der Waals surface area contributed by atoms with Gasteiger partial charge in [0, 0.05) is 52.3 Å². The van der Waals surface area contributed by atoms with Crippen LogP contribution in [0.2, 0.25) is 0 Å². The number of hydrogen-bond donors (Lipinski definition) is 2. The fourth-order valence-corrected chi connectivity index (χ4v) is 4.06. The number of nitrogens with zero attached hydrogens (tertiary/aromatic N) is 5. The molecule has 3 aromatic rings. The number of piperidine rings is 1. The Labute approximate surface area is 197 Å². The molecule has 1 saturated heterocycles. The standard InChI is InChI=1S/C24H28FN7O2/c1-16(33)24-22(26-12-19-4-3-5-20(25)10-19)11-23(29-30-24)28-21-13-27-32(15-21)14-18-6-8-31(9-7-18)17(2)34/h3-5,10-11,13,15,18H,6-9,12,14H2,1-2H3,(H2,26,28,29). The van der Waals surface area contributed by atoms with Crippen molar-refractivity contribution < 1.29 is 14.0 Å². The van der Waals surface area contributed by atoms with Gasteiger partial charge in [0.15, 0.2) is 17.3 Å². The van der Waals surface area contributed by atoms with Crippen LogP contribution in [0.3, 0.4) is 0 Å². The summed E-state index contributed by atoms with van der Waals surface area (Å²) in [5.74, 6) is 0.524. The highest BCUT2D eigenvalue weighted by Gasteiger charge is 2.21. The number of carbonyl (C=O) groups is 2. The lowest BCUT2D eigenvalue weighted by Gasteiger charge is -2.31. The SMILES string of the molecule is CC(=O)c1nnc(Nc2cnn(CC3CCN(C(C)=O)CC3)c2)cc1NCc1cccc(F)c1. The summed E-state index contributed by atoms with van der Waals surface area (Å²) in [5, 5.41) is 19.0. The monoisotopic (exact) mass is 465 g/mol. The van der Waals surface area contributed by atoms with E-state index in [1.165, 1.54) is 19.1 Å². The summed E-state index contributed by atoms with van der Waals surface area (Å²) in [6.45, 7) is 5.73. The molecule has 0 unspecified atom stereocenters. The van der Waals surface area contributed by atoms with Gasteiger partial charge in [0.1, 0.15) is 5.82 Å². The van der Waals surface area contributed by atoms with Gasteiger partial charge < -0.3 is 15.5 Å². The Balaban J connectivity index is 1.40. The van der Waals surface area contributed by atoms with E-state index in [1.807, 2.05) is 15.8 Å². The molecule has 34 heavy (non-hydrogen) atoms. The average molecular weight is 466 g/mol. The predicted molar refractivity (Wildman–Crippen MR) is 126 cm³/mol. The van der Waals surface area contributed by atoms with Crippen molar-refractivity contribution in [2.24, 2.45) is 5.92 Å². The molecule has 178 valence electrons. The lowest BCUT2D eigenvalue weighted by Crippen LogP contribution is -2.38. The molecule has 0 bridgehead atoms. The van der Waals surface area contributed by atoms with Crippen LogP contribution >= 0.6 is 0 Å². The van der Waals surface area contributed by atoms with E-state index in [-0.39, 0.29) is 23.2 Å². The first-order valence-electron chi connectivity index (χ1n) is 11.3.